The molecule has 0 radical (unpaired) electrons. The third-order valence-corrected chi connectivity index (χ3v) is 2.62. The van der Waals surface area contributed by atoms with Gasteiger partial charge >= 0.3 is 0 Å². The van der Waals surface area contributed by atoms with Gasteiger partial charge in [0.15, 0.2) is 0 Å². The summed E-state index contributed by atoms with van der Waals surface area (Å²) in [6.45, 7) is 3.93. The van der Waals surface area contributed by atoms with Crippen LogP contribution in [0.2, 0.25) is 0 Å². The molecule has 4 nitrogen and oxygen atoms in total. The number of aromatic nitrogens is 3. The van der Waals surface area contributed by atoms with Crippen LogP contribution >= 0.6 is 0 Å². The van der Waals surface area contributed by atoms with E-state index in [1.165, 1.54) is 5.56 Å². The number of rotatable bonds is 5. The number of hydrogen-bond donors (Lipinski definition) is 1. The van der Waals surface area contributed by atoms with Crippen LogP contribution in [-0.2, 0) is 13.1 Å². The standard InChI is InChI=1S/C13H18N4/c1-3-6-17-13(4-5-16-17)12-7-11(8-14-2)9-15-10-12/h4-5,7,9-10,14H,3,6,8H2,1-2H3. The summed E-state index contributed by atoms with van der Waals surface area (Å²) in [5, 5.41) is 7.47. The zero-order chi connectivity index (χ0) is 12.1. The molecule has 0 fully saturated rings. The van der Waals surface area contributed by atoms with Gasteiger partial charge in [0.05, 0.1) is 5.69 Å². The van der Waals surface area contributed by atoms with Crippen LogP contribution < -0.4 is 5.32 Å². The molecular formula is C13H18N4. The fourth-order valence-corrected chi connectivity index (χ4v) is 1.90. The van der Waals surface area contributed by atoms with Crippen molar-refractivity contribution in [1.29, 1.82) is 0 Å². The minimum absolute atomic E-state index is 0.836. The van der Waals surface area contributed by atoms with Gasteiger partial charge in [0, 0.05) is 37.2 Å². The number of hydrogen-bond acceptors (Lipinski definition) is 3. The van der Waals surface area contributed by atoms with E-state index in [2.05, 4.69) is 28.4 Å². The molecule has 0 aliphatic heterocycles. The van der Waals surface area contributed by atoms with Gasteiger partial charge in [-0.05, 0) is 31.2 Å². The van der Waals surface area contributed by atoms with Crippen molar-refractivity contribution in [2.75, 3.05) is 7.05 Å². The van der Waals surface area contributed by atoms with Gasteiger partial charge in [0.25, 0.3) is 0 Å². The summed E-state index contributed by atoms with van der Waals surface area (Å²) < 4.78 is 2.03. The lowest BCUT2D eigenvalue weighted by Gasteiger charge is -2.07. The van der Waals surface area contributed by atoms with Gasteiger partial charge < -0.3 is 5.32 Å². The third kappa shape index (κ3) is 2.71. The Balaban J connectivity index is 2.31. The lowest BCUT2D eigenvalue weighted by molar-refractivity contribution is 0.609. The molecule has 0 saturated carbocycles. The molecule has 0 aliphatic rings. The van der Waals surface area contributed by atoms with Crippen molar-refractivity contribution in [2.24, 2.45) is 0 Å². The van der Waals surface area contributed by atoms with Gasteiger partial charge in [-0.25, -0.2) is 0 Å². The Labute approximate surface area is 102 Å². The Morgan fingerprint density at radius 1 is 1.35 bits per heavy atom. The molecular weight excluding hydrogens is 212 g/mol. The van der Waals surface area contributed by atoms with Crippen LogP contribution in [0.4, 0.5) is 0 Å². The van der Waals surface area contributed by atoms with Crippen LogP contribution in [0.1, 0.15) is 18.9 Å². The average molecular weight is 230 g/mol. The van der Waals surface area contributed by atoms with E-state index < -0.39 is 0 Å². The molecule has 2 heterocycles. The second kappa shape index (κ2) is 5.59. The second-order valence-electron chi connectivity index (χ2n) is 4.05. The third-order valence-electron chi connectivity index (χ3n) is 2.62. The molecule has 2 rings (SSSR count). The lowest BCUT2D eigenvalue weighted by atomic mass is 10.1. The van der Waals surface area contributed by atoms with Gasteiger partial charge in [-0.2, -0.15) is 5.10 Å². The van der Waals surface area contributed by atoms with Gasteiger partial charge in [-0.3, -0.25) is 9.67 Å². The zero-order valence-electron chi connectivity index (χ0n) is 10.3. The topological polar surface area (TPSA) is 42.7 Å². The van der Waals surface area contributed by atoms with Gasteiger partial charge in [-0.15, -0.1) is 0 Å². The normalized spacial score (nSPS) is 10.7. The first-order valence-corrected chi connectivity index (χ1v) is 5.96. The quantitative estimate of drug-likeness (QED) is 0.855. The van der Waals surface area contributed by atoms with Crippen LogP contribution in [0.5, 0.6) is 0 Å². The van der Waals surface area contributed by atoms with E-state index in [0.29, 0.717) is 0 Å². The maximum atomic E-state index is 4.33. The van der Waals surface area contributed by atoms with Crippen molar-refractivity contribution in [2.45, 2.75) is 26.4 Å². The highest BCUT2D eigenvalue weighted by atomic mass is 15.3. The Hall–Kier alpha value is -1.68. The van der Waals surface area contributed by atoms with Crippen LogP contribution in [0.25, 0.3) is 11.3 Å². The summed E-state index contributed by atoms with van der Waals surface area (Å²) in [7, 11) is 1.94. The molecule has 0 atom stereocenters. The molecule has 0 aromatic carbocycles. The molecule has 4 heteroatoms. The molecule has 0 bridgehead atoms. The van der Waals surface area contributed by atoms with Crippen molar-refractivity contribution < 1.29 is 0 Å². The monoisotopic (exact) mass is 230 g/mol. The van der Waals surface area contributed by atoms with Gasteiger partial charge in [-0.1, -0.05) is 6.92 Å². The number of nitrogens with one attached hydrogen (secondary N) is 1. The molecule has 0 spiro atoms. The van der Waals surface area contributed by atoms with E-state index >= 15 is 0 Å². The molecule has 2 aromatic rings. The summed E-state index contributed by atoms with van der Waals surface area (Å²) in [5.41, 5.74) is 3.45. The molecule has 2 aromatic heterocycles. The van der Waals surface area contributed by atoms with Crippen molar-refractivity contribution >= 4 is 0 Å². The van der Waals surface area contributed by atoms with Crippen LogP contribution in [0.3, 0.4) is 0 Å². The first kappa shape index (κ1) is 11.8. The molecule has 90 valence electrons. The lowest BCUT2D eigenvalue weighted by Crippen LogP contribution is -2.06. The second-order valence-corrected chi connectivity index (χ2v) is 4.05. The average Bonchev–Trinajstić information content (AvgIpc) is 2.79. The number of aryl methyl sites for hydroxylation is 1. The van der Waals surface area contributed by atoms with Crippen molar-refractivity contribution in [1.82, 2.24) is 20.1 Å². The van der Waals surface area contributed by atoms with Crippen LogP contribution in [-0.4, -0.2) is 21.8 Å². The van der Waals surface area contributed by atoms with E-state index in [4.69, 9.17) is 0 Å². The summed E-state index contributed by atoms with van der Waals surface area (Å²) in [6, 6.07) is 4.20. The highest BCUT2D eigenvalue weighted by molar-refractivity contribution is 5.58. The predicted octanol–water partition coefficient (Wildman–Crippen LogP) is 2.07. The zero-order valence-corrected chi connectivity index (χ0v) is 10.3. The molecule has 0 saturated heterocycles. The summed E-state index contributed by atoms with van der Waals surface area (Å²) in [5.74, 6) is 0. The Morgan fingerprint density at radius 2 is 2.24 bits per heavy atom. The van der Waals surface area contributed by atoms with Gasteiger partial charge in [0.1, 0.15) is 0 Å². The van der Waals surface area contributed by atoms with E-state index in [1.807, 2.05) is 36.4 Å². The van der Waals surface area contributed by atoms with E-state index in [1.54, 1.807) is 0 Å². The predicted molar refractivity (Wildman–Crippen MR) is 68.5 cm³/mol. The molecule has 1 N–H and O–H groups in total. The molecule has 0 aliphatic carbocycles. The molecule has 0 amide bonds. The van der Waals surface area contributed by atoms with E-state index in [0.717, 1.165) is 30.8 Å². The minimum Gasteiger partial charge on any atom is -0.316 e. The minimum atomic E-state index is 0.836. The summed E-state index contributed by atoms with van der Waals surface area (Å²) in [6.07, 6.45) is 6.71. The van der Waals surface area contributed by atoms with E-state index in [9.17, 15) is 0 Å². The largest absolute Gasteiger partial charge is 0.316 e. The molecule has 0 unspecified atom stereocenters. The van der Waals surface area contributed by atoms with Crippen molar-refractivity contribution in [3.8, 4) is 11.3 Å². The van der Waals surface area contributed by atoms with Crippen LogP contribution in [0, 0.1) is 0 Å². The highest BCUT2D eigenvalue weighted by Gasteiger charge is 2.05. The first-order chi connectivity index (χ1) is 8.35. The van der Waals surface area contributed by atoms with E-state index in [-0.39, 0.29) is 0 Å². The summed E-state index contributed by atoms with van der Waals surface area (Å²) in [4.78, 5) is 4.28. The maximum Gasteiger partial charge on any atom is 0.0697 e. The van der Waals surface area contributed by atoms with Crippen LogP contribution in [0.15, 0.2) is 30.7 Å². The Morgan fingerprint density at radius 3 is 3.00 bits per heavy atom. The molecule has 17 heavy (non-hydrogen) atoms. The Bertz CT molecular complexity index is 476. The fourth-order valence-electron chi connectivity index (χ4n) is 1.90. The highest BCUT2D eigenvalue weighted by Crippen LogP contribution is 2.19. The van der Waals surface area contributed by atoms with Gasteiger partial charge in [0.2, 0.25) is 0 Å². The first-order valence-electron chi connectivity index (χ1n) is 5.96. The number of nitrogens with zero attached hydrogens (tertiary/aromatic N) is 3. The Kier molecular flexibility index (Phi) is 3.88. The van der Waals surface area contributed by atoms with Crippen molar-refractivity contribution in [3.63, 3.8) is 0 Å². The number of pyridine rings is 1. The smallest absolute Gasteiger partial charge is 0.0697 e. The SMILES string of the molecule is CCCn1nccc1-c1cncc(CNC)c1. The maximum absolute atomic E-state index is 4.33. The fraction of sp³-hybridized carbons (Fsp3) is 0.385. The summed E-state index contributed by atoms with van der Waals surface area (Å²) >= 11 is 0. The van der Waals surface area contributed by atoms with Crippen molar-refractivity contribution in [3.05, 3.63) is 36.3 Å².